The number of aromatic nitrogens is 1. The molecule has 20 heavy (non-hydrogen) atoms. The summed E-state index contributed by atoms with van der Waals surface area (Å²) in [5.74, 6) is 4.12. The van der Waals surface area contributed by atoms with Gasteiger partial charge >= 0.3 is 5.97 Å². The molecule has 2 aromatic rings. The molecule has 4 heteroatoms. The normalized spacial score (nSPS) is 9.70. The van der Waals surface area contributed by atoms with E-state index in [2.05, 4.69) is 16.8 Å². The van der Waals surface area contributed by atoms with Gasteiger partial charge < -0.3 is 10.0 Å². The molecule has 0 radical (unpaired) electrons. The first kappa shape index (κ1) is 13.5. The average molecular weight is 264 g/mol. The van der Waals surface area contributed by atoms with Crippen molar-refractivity contribution in [1.82, 2.24) is 4.98 Å². The topological polar surface area (TPSA) is 53.4 Å². The van der Waals surface area contributed by atoms with Crippen molar-refractivity contribution >= 4 is 22.6 Å². The van der Waals surface area contributed by atoms with E-state index in [1.165, 1.54) is 6.20 Å². The Labute approximate surface area is 117 Å². The van der Waals surface area contributed by atoms with E-state index in [1.807, 2.05) is 23.1 Å². The van der Waals surface area contributed by atoms with Gasteiger partial charge in [0.05, 0.1) is 24.2 Å². The molecule has 0 aliphatic rings. The van der Waals surface area contributed by atoms with Crippen molar-refractivity contribution < 1.29 is 9.90 Å². The van der Waals surface area contributed by atoms with E-state index in [4.69, 9.17) is 18.0 Å². The lowest BCUT2D eigenvalue weighted by atomic mass is 10.1. The van der Waals surface area contributed by atoms with E-state index in [-0.39, 0.29) is 5.56 Å². The van der Waals surface area contributed by atoms with Crippen molar-refractivity contribution in [1.29, 1.82) is 0 Å². The number of carboxylic acids is 1. The number of benzene rings is 1. The molecule has 2 rings (SSSR count). The van der Waals surface area contributed by atoms with Crippen LogP contribution in [0.2, 0.25) is 0 Å². The third kappa shape index (κ3) is 2.71. The molecule has 1 N–H and O–H groups in total. The molecule has 0 aliphatic carbocycles. The summed E-state index contributed by atoms with van der Waals surface area (Å²) >= 11 is 0. The van der Waals surface area contributed by atoms with E-state index in [0.717, 1.165) is 11.1 Å². The number of anilines is 1. The highest BCUT2D eigenvalue weighted by Gasteiger charge is 2.08. The summed E-state index contributed by atoms with van der Waals surface area (Å²) in [6.07, 6.45) is 12.0. The molecular formula is C16H12N2O2. The molecule has 4 nitrogen and oxygen atoms in total. The van der Waals surface area contributed by atoms with Gasteiger partial charge in [0.1, 0.15) is 0 Å². The van der Waals surface area contributed by atoms with Crippen LogP contribution >= 0.6 is 0 Å². The molecule has 0 atom stereocenters. The number of carbonyl (C=O) groups is 1. The number of nitrogens with zero attached hydrogens (tertiary/aromatic N) is 2. The van der Waals surface area contributed by atoms with Gasteiger partial charge in [-0.3, -0.25) is 4.98 Å². The molecule has 0 spiro atoms. The molecular weight excluding hydrogens is 252 g/mol. The van der Waals surface area contributed by atoms with Crippen LogP contribution in [0.15, 0.2) is 30.5 Å². The molecule has 0 bridgehead atoms. The van der Waals surface area contributed by atoms with E-state index >= 15 is 0 Å². The second-order valence-corrected chi connectivity index (χ2v) is 4.17. The standard InChI is InChI=1S/C16H12N2O2/c1-3-7-18(8-4-2)14-6-5-12-9-13(16(19)20)11-17-15(12)10-14/h1-2,5-6,9-11H,7-8H2,(H,19,20). The minimum Gasteiger partial charge on any atom is -0.478 e. The summed E-state index contributed by atoms with van der Waals surface area (Å²) in [7, 11) is 0. The lowest BCUT2D eigenvalue weighted by Gasteiger charge is -2.19. The van der Waals surface area contributed by atoms with Crippen molar-refractivity contribution in [3.63, 3.8) is 0 Å². The van der Waals surface area contributed by atoms with Gasteiger partial charge in [0.15, 0.2) is 0 Å². The first-order valence-corrected chi connectivity index (χ1v) is 5.90. The molecule has 98 valence electrons. The SMILES string of the molecule is C#CCN(CC#C)c1ccc2cc(C(=O)O)cnc2c1. The minimum absolute atomic E-state index is 0.161. The van der Waals surface area contributed by atoms with Gasteiger partial charge in [0, 0.05) is 17.3 Å². The van der Waals surface area contributed by atoms with Crippen LogP contribution in [0.4, 0.5) is 5.69 Å². The first-order valence-electron chi connectivity index (χ1n) is 5.90. The van der Waals surface area contributed by atoms with Crippen LogP contribution in [0.25, 0.3) is 10.9 Å². The second-order valence-electron chi connectivity index (χ2n) is 4.17. The number of fused-ring (bicyclic) bond motifs is 1. The quantitative estimate of drug-likeness (QED) is 0.858. The number of hydrogen-bond donors (Lipinski definition) is 1. The maximum absolute atomic E-state index is 10.9. The Morgan fingerprint density at radius 2 is 1.95 bits per heavy atom. The van der Waals surface area contributed by atoms with E-state index in [9.17, 15) is 4.79 Å². The third-order valence-corrected chi connectivity index (χ3v) is 2.84. The molecule has 1 aromatic heterocycles. The number of carboxylic acid groups (broad SMARTS) is 1. The summed E-state index contributed by atoms with van der Waals surface area (Å²) in [5, 5.41) is 9.69. The van der Waals surface area contributed by atoms with Crippen LogP contribution in [0, 0.1) is 24.7 Å². The summed E-state index contributed by atoms with van der Waals surface area (Å²) in [5.41, 5.74) is 1.73. The first-order chi connectivity index (χ1) is 9.65. The minimum atomic E-state index is -0.996. The average Bonchev–Trinajstić information content (AvgIpc) is 2.46. The summed E-state index contributed by atoms with van der Waals surface area (Å²) in [6, 6.07) is 7.09. The zero-order valence-corrected chi connectivity index (χ0v) is 10.7. The molecule has 0 aliphatic heterocycles. The largest absolute Gasteiger partial charge is 0.478 e. The Balaban J connectivity index is 2.44. The fraction of sp³-hybridized carbons (Fsp3) is 0.125. The van der Waals surface area contributed by atoms with Crippen molar-refractivity contribution in [2.75, 3.05) is 18.0 Å². The Bertz CT molecular complexity index is 722. The van der Waals surface area contributed by atoms with Gasteiger partial charge in [-0.15, -0.1) is 12.8 Å². The van der Waals surface area contributed by atoms with Gasteiger partial charge in [-0.2, -0.15) is 0 Å². The number of rotatable bonds is 4. The molecule has 1 aromatic carbocycles. The molecule has 0 amide bonds. The van der Waals surface area contributed by atoms with Crippen LogP contribution in [0.1, 0.15) is 10.4 Å². The van der Waals surface area contributed by atoms with Gasteiger partial charge in [-0.25, -0.2) is 4.79 Å². The monoisotopic (exact) mass is 264 g/mol. The molecule has 0 fully saturated rings. The summed E-state index contributed by atoms with van der Waals surface area (Å²) < 4.78 is 0. The molecule has 0 saturated carbocycles. The van der Waals surface area contributed by atoms with Crippen LogP contribution in [-0.4, -0.2) is 29.1 Å². The number of pyridine rings is 1. The van der Waals surface area contributed by atoms with Crippen LogP contribution in [0.5, 0.6) is 0 Å². The number of hydrogen-bond acceptors (Lipinski definition) is 3. The maximum atomic E-state index is 10.9. The van der Waals surface area contributed by atoms with E-state index in [1.54, 1.807) is 6.07 Å². The Morgan fingerprint density at radius 3 is 2.55 bits per heavy atom. The summed E-state index contributed by atoms with van der Waals surface area (Å²) in [4.78, 5) is 16.9. The molecule has 0 saturated heterocycles. The highest BCUT2D eigenvalue weighted by atomic mass is 16.4. The molecule has 1 heterocycles. The number of aromatic carboxylic acids is 1. The fourth-order valence-electron chi connectivity index (χ4n) is 1.88. The van der Waals surface area contributed by atoms with Crippen molar-refractivity contribution in [3.8, 4) is 24.7 Å². The van der Waals surface area contributed by atoms with Gasteiger partial charge in [0.25, 0.3) is 0 Å². The van der Waals surface area contributed by atoms with E-state index in [0.29, 0.717) is 18.6 Å². The highest BCUT2D eigenvalue weighted by Crippen LogP contribution is 2.21. The Morgan fingerprint density at radius 1 is 1.25 bits per heavy atom. The third-order valence-electron chi connectivity index (χ3n) is 2.84. The van der Waals surface area contributed by atoms with Crippen LogP contribution in [0.3, 0.4) is 0 Å². The van der Waals surface area contributed by atoms with Crippen molar-refractivity contribution in [3.05, 3.63) is 36.0 Å². The van der Waals surface area contributed by atoms with Crippen molar-refractivity contribution in [2.24, 2.45) is 0 Å². The fourth-order valence-corrected chi connectivity index (χ4v) is 1.88. The lowest BCUT2D eigenvalue weighted by Crippen LogP contribution is -2.23. The zero-order valence-electron chi connectivity index (χ0n) is 10.7. The second kappa shape index (κ2) is 5.77. The highest BCUT2D eigenvalue weighted by molar-refractivity contribution is 5.93. The zero-order chi connectivity index (χ0) is 14.5. The number of terminal acetylenes is 2. The predicted octanol–water partition coefficient (Wildman–Crippen LogP) is 2.01. The summed E-state index contributed by atoms with van der Waals surface area (Å²) in [6.45, 7) is 0.811. The Kier molecular flexibility index (Phi) is 3.88. The Hall–Kier alpha value is -2.98. The maximum Gasteiger partial charge on any atom is 0.337 e. The smallest absolute Gasteiger partial charge is 0.337 e. The van der Waals surface area contributed by atoms with Gasteiger partial charge in [-0.1, -0.05) is 17.9 Å². The van der Waals surface area contributed by atoms with E-state index < -0.39 is 5.97 Å². The van der Waals surface area contributed by atoms with Crippen LogP contribution < -0.4 is 4.90 Å². The molecule has 0 unspecified atom stereocenters. The lowest BCUT2D eigenvalue weighted by molar-refractivity contribution is 0.0696. The van der Waals surface area contributed by atoms with Gasteiger partial charge in [-0.05, 0) is 18.2 Å². The predicted molar refractivity (Wildman–Crippen MR) is 78.6 cm³/mol. The van der Waals surface area contributed by atoms with Crippen molar-refractivity contribution in [2.45, 2.75) is 0 Å². The van der Waals surface area contributed by atoms with Crippen LogP contribution in [-0.2, 0) is 0 Å². The van der Waals surface area contributed by atoms with Gasteiger partial charge in [0.2, 0.25) is 0 Å².